The first-order valence-electron chi connectivity index (χ1n) is 7.78. The first kappa shape index (κ1) is 18.7. The number of non-ortho nitro benzene ring substituents is 1. The second-order valence-corrected chi connectivity index (χ2v) is 7.59. The summed E-state index contributed by atoms with van der Waals surface area (Å²) >= 11 is 0. The Bertz CT molecular complexity index is 815. The van der Waals surface area contributed by atoms with E-state index in [0.717, 1.165) is 18.6 Å². The zero-order valence-electron chi connectivity index (χ0n) is 14.0. The number of benzene rings is 2. The van der Waals surface area contributed by atoms with Crippen molar-refractivity contribution in [3.8, 4) is 5.75 Å². The number of hydrogen-bond acceptors (Lipinski definition) is 5. The van der Waals surface area contributed by atoms with E-state index in [1.54, 1.807) is 24.3 Å². The maximum atomic E-state index is 12.3. The smallest absolute Gasteiger partial charge is 0.269 e. The van der Waals surface area contributed by atoms with Crippen LogP contribution in [0.5, 0.6) is 5.75 Å². The van der Waals surface area contributed by atoms with E-state index < -0.39 is 14.9 Å². The SMILES string of the molecule is CC(C)CCOc1ccc(NS(=O)(=O)c2ccc([N+](=O)[O-])cc2)cc1. The fourth-order valence-electron chi connectivity index (χ4n) is 1.99. The molecule has 0 unspecified atom stereocenters. The molecule has 0 saturated heterocycles. The van der Waals surface area contributed by atoms with E-state index in [4.69, 9.17) is 4.74 Å². The van der Waals surface area contributed by atoms with Crippen LogP contribution < -0.4 is 9.46 Å². The quantitative estimate of drug-likeness (QED) is 0.567. The van der Waals surface area contributed by atoms with Crippen molar-refractivity contribution < 1.29 is 18.1 Å². The molecule has 2 rings (SSSR count). The van der Waals surface area contributed by atoms with Gasteiger partial charge >= 0.3 is 0 Å². The van der Waals surface area contributed by atoms with E-state index >= 15 is 0 Å². The summed E-state index contributed by atoms with van der Waals surface area (Å²) in [4.78, 5) is 10.00. The van der Waals surface area contributed by atoms with Crippen LogP contribution in [0.15, 0.2) is 53.4 Å². The molecule has 0 heterocycles. The van der Waals surface area contributed by atoms with Gasteiger partial charge in [0.15, 0.2) is 0 Å². The number of anilines is 1. The van der Waals surface area contributed by atoms with E-state index in [0.29, 0.717) is 24.0 Å². The highest BCUT2D eigenvalue weighted by molar-refractivity contribution is 7.92. The molecule has 0 spiro atoms. The second-order valence-electron chi connectivity index (χ2n) is 5.91. The van der Waals surface area contributed by atoms with Crippen molar-refractivity contribution in [3.63, 3.8) is 0 Å². The minimum Gasteiger partial charge on any atom is -0.494 e. The molecule has 0 amide bonds. The monoisotopic (exact) mass is 364 g/mol. The van der Waals surface area contributed by atoms with E-state index in [-0.39, 0.29) is 10.6 Å². The Morgan fingerprint density at radius 1 is 1.08 bits per heavy atom. The fraction of sp³-hybridized carbons (Fsp3) is 0.294. The van der Waals surface area contributed by atoms with E-state index in [9.17, 15) is 18.5 Å². The van der Waals surface area contributed by atoms with Crippen LogP contribution in [-0.2, 0) is 10.0 Å². The van der Waals surface area contributed by atoms with E-state index in [2.05, 4.69) is 18.6 Å². The third-order valence-electron chi connectivity index (χ3n) is 3.43. The predicted molar refractivity (Wildman–Crippen MR) is 95.3 cm³/mol. The van der Waals surface area contributed by atoms with Crippen molar-refractivity contribution in [1.82, 2.24) is 0 Å². The first-order valence-corrected chi connectivity index (χ1v) is 9.26. The summed E-state index contributed by atoms with van der Waals surface area (Å²) in [5.74, 6) is 1.21. The van der Waals surface area contributed by atoms with Gasteiger partial charge in [-0.3, -0.25) is 14.8 Å². The van der Waals surface area contributed by atoms with Crippen LogP contribution in [0, 0.1) is 16.0 Å². The molecule has 2 aromatic rings. The lowest BCUT2D eigenvalue weighted by Gasteiger charge is -2.10. The summed E-state index contributed by atoms with van der Waals surface area (Å²) in [5, 5.41) is 10.6. The normalized spacial score (nSPS) is 11.3. The van der Waals surface area contributed by atoms with Gasteiger partial charge < -0.3 is 4.74 Å². The highest BCUT2D eigenvalue weighted by Crippen LogP contribution is 2.21. The number of nitro groups is 1. The lowest BCUT2D eigenvalue weighted by atomic mass is 10.1. The number of nitrogens with one attached hydrogen (secondary N) is 1. The molecule has 0 fully saturated rings. The number of nitrogens with zero attached hydrogens (tertiary/aromatic N) is 1. The topological polar surface area (TPSA) is 98.5 Å². The standard InChI is InChI=1S/C17H20N2O5S/c1-13(2)11-12-24-16-7-3-14(4-8-16)18-25(22,23)17-9-5-15(6-10-17)19(20)21/h3-10,13,18H,11-12H2,1-2H3. The number of hydrogen-bond donors (Lipinski definition) is 1. The van der Waals surface area contributed by atoms with Gasteiger partial charge in [-0.1, -0.05) is 13.8 Å². The van der Waals surface area contributed by atoms with Crippen LogP contribution in [0.2, 0.25) is 0 Å². The first-order chi connectivity index (χ1) is 11.8. The highest BCUT2D eigenvalue weighted by Gasteiger charge is 2.16. The van der Waals surface area contributed by atoms with Crippen LogP contribution in [-0.4, -0.2) is 19.9 Å². The largest absolute Gasteiger partial charge is 0.494 e. The molecule has 2 aromatic carbocycles. The van der Waals surface area contributed by atoms with Crippen molar-refractivity contribution in [2.75, 3.05) is 11.3 Å². The molecule has 0 aliphatic carbocycles. The molecule has 0 aliphatic rings. The molecule has 25 heavy (non-hydrogen) atoms. The van der Waals surface area contributed by atoms with E-state index in [1.807, 2.05) is 0 Å². The van der Waals surface area contributed by atoms with Gasteiger partial charge in [0.05, 0.1) is 16.4 Å². The van der Waals surface area contributed by atoms with Gasteiger partial charge in [-0.25, -0.2) is 8.42 Å². The molecular formula is C17H20N2O5S. The number of ether oxygens (including phenoxy) is 1. The lowest BCUT2D eigenvalue weighted by Crippen LogP contribution is -2.12. The zero-order valence-corrected chi connectivity index (χ0v) is 14.8. The fourth-order valence-corrected chi connectivity index (χ4v) is 3.05. The number of nitro benzene ring substituents is 1. The Labute approximate surface area is 146 Å². The predicted octanol–water partition coefficient (Wildman–Crippen LogP) is 3.82. The minimum absolute atomic E-state index is 0.0460. The maximum Gasteiger partial charge on any atom is 0.269 e. The van der Waals surface area contributed by atoms with Crippen molar-refractivity contribution in [2.24, 2.45) is 5.92 Å². The van der Waals surface area contributed by atoms with Crippen molar-refractivity contribution in [2.45, 2.75) is 25.2 Å². The lowest BCUT2D eigenvalue weighted by molar-refractivity contribution is -0.384. The molecule has 0 bridgehead atoms. The Morgan fingerprint density at radius 3 is 2.20 bits per heavy atom. The third-order valence-corrected chi connectivity index (χ3v) is 4.83. The van der Waals surface area contributed by atoms with Crippen LogP contribution in [0.25, 0.3) is 0 Å². The highest BCUT2D eigenvalue weighted by atomic mass is 32.2. The van der Waals surface area contributed by atoms with Crippen LogP contribution >= 0.6 is 0 Å². The van der Waals surface area contributed by atoms with Gasteiger partial charge in [-0.05, 0) is 48.7 Å². The van der Waals surface area contributed by atoms with Gasteiger partial charge in [-0.15, -0.1) is 0 Å². The molecule has 8 heteroatoms. The van der Waals surface area contributed by atoms with Gasteiger partial charge in [0.1, 0.15) is 5.75 Å². The number of sulfonamides is 1. The average Bonchev–Trinajstić information content (AvgIpc) is 2.56. The Kier molecular flexibility index (Phi) is 5.97. The molecule has 1 N–H and O–H groups in total. The molecule has 0 radical (unpaired) electrons. The molecule has 0 aromatic heterocycles. The third kappa shape index (κ3) is 5.46. The van der Waals surface area contributed by atoms with Crippen molar-refractivity contribution in [3.05, 3.63) is 58.6 Å². The Morgan fingerprint density at radius 2 is 1.68 bits per heavy atom. The summed E-state index contributed by atoms with van der Waals surface area (Å²) in [6.07, 6.45) is 0.939. The van der Waals surface area contributed by atoms with Gasteiger partial charge in [-0.2, -0.15) is 0 Å². The molecule has 0 aliphatic heterocycles. The van der Waals surface area contributed by atoms with Gasteiger partial charge in [0.2, 0.25) is 0 Å². The Hall–Kier alpha value is -2.61. The summed E-state index contributed by atoms with van der Waals surface area (Å²) < 4.78 is 32.6. The molecule has 7 nitrogen and oxygen atoms in total. The second kappa shape index (κ2) is 7.98. The van der Waals surface area contributed by atoms with Crippen molar-refractivity contribution in [1.29, 1.82) is 0 Å². The summed E-state index contributed by atoms with van der Waals surface area (Å²) in [7, 11) is -3.81. The summed E-state index contributed by atoms with van der Waals surface area (Å²) in [6, 6.07) is 11.3. The minimum atomic E-state index is -3.81. The molecule has 134 valence electrons. The Balaban J connectivity index is 2.03. The molecule has 0 saturated carbocycles. The molecule has 0 atom stereocenters. The maximum absolute atomic E-state index is 12.3. The number of rotatable bonds is 8. The van der Waals surface area contributed by atoms with Gasteiger partial charge in [0, 0.05) is 17.8 Å². The zero-order chi connectivity index (χ0) is 18.4. The van der Waals surface area contributed by atoms with E-state index in [1.165, 1.54) is 12.1 Å². The van der Waals surface area contributed by atoms with Crippen LogP contribution in [0.4, 0.5) is 11.4 Å². The summed E-state index contributed by atoms with van der Waals surface area (Å²) in [5.41, 5.74) is 0.219. The average molecular weight is 364 g/mol. The van der Waals surface area contributed by atoms with Crippen LogP contribution in [0.3, 0.4) is 0 Å². The van der Waals surface area contributed by atoms with Gasteiger partial charge in [0.25, 0.3) is 15.7 Å². The molecular weight excluding hydrogens is 344 g/mol. The summed E-state index contributed by atoms with van der Waals surface area (Å²) in [6.45, 7) is 4.82. The van der Waals surface area contributed by atoms with Crippen LogP contribution in [0.1, 0.15) is 20.3 Å². The van der Waals surface area contributed by atoms with Crippen molar-refractivity contribution >= 4 is 21.4 Å².